The predicted molar refractivity (Wildman–Crippen MR) is 130 cm³/mol. The molecule has 0 amide bonds. The lowest BCUT2D eigenvalue weighted by atomic mass is 10.0. The summed E-state index contributed by atoms with van der Waals surface area (Å²) in [6.07, 6.45) is 2.25. The van der Waals surface area contributed by atoms with Gasteiger partial charge in [0.05, 0.1) is 24.7 Å². The molecule has 0 radical (unpaired) electrons. The van der Waals surface area contributed by atoms with Crippen LogP contribution in [0.15, 0.2) is 53.3 Å². The normalized spacial score (nSPS) is 16.0. The van der Waals surface area contributed by atoms with Gasteiger partial charge in [0.15, 0.2) is 5.82 Å². The number of H-pyrrole nitrogens is 1. The van der Waals surface area contributed by atoms with E-state index in [1.165, 1.54) is 11.1 Å². The summed E-state index contributed by atoms with van der Waals surface area (Å²) in [4.78, 5) is 18.4. The number of nitrogens with zero attached hydrogens (tertiary/aromatic N) is 5. The summed E-state index contributed by atoms with van der Waals surface area (Å²) < 4.78 is 7.61. The zero-order chi connectivity index (χ0) is 23.5. The molecule has 34 heavy (non-hydrogen) atoms. The Bertz CT molecular complexity index is 1320. The van der Waals surface area contributed by atoms with Crippen molar-refractivity contribution in [2.45, 2.75) is 59.0 Å². The standard InChI is InChI=1S/C26H30N6O2/c1-18-10-11-21-13-22(26(33)27-25(21)19(18)2)15-31(14-20-7-4-3-5-8-20)17-24-28-29-30-32(24)16-23-9-6-12-34-23/h3-5,7-8,10-11,13,23H,6,9,12,14-17H2,1-2H3,(H,27,33)/t23-/m0/s1. The Hall–Kier alpha value is -3.36. The van der Waals surface area contributed by atoms with E-state index in [2.05, 4.69) is 56.6 Å². The smallest absolute Gasteiger partial charge is 0.252 e. The Labute approximate surface area is 198 Å². The van der Waals surface area contributed by atoms with Gasteiger partial charge in [0, 0.05) is 25.3 Å². The van der Waals surface area contributed by atoms with E-state index in [0.29, 0.717) is 26.2 Å². The van der Waals surface area contributed by atoms with Crippen molar-refractivity contribution in [3.05, 3.63) is 87.0 Å². The average Bonchev–Trinajstić information content (AvgIpc) is 3.51. The number of aromatic amines is 1. The second kappa shape index (κ2) is 9.87. The van der Waals surface area contributed by atoms with Gasteiger partial charge in [0.2, 0.25) is 0 Å². The third-order valence-electron chi connectivity index (χ3n) is 6.64. The van der Waals surface area contributed by atoms with Gasteiger partial charge in [0.25, 0.3) is 5.56 Å². The molecule has 1 N–H and O–H groups in total. The molecule has 1 aliphatic heterocycles. The number of benzene rings is 2. The third-order valence-corrected chi connectivity index (χ3v) is 6.64. The van der Waals surface area contributed by atoms with Crippen LogP contribution in [0.2, 0.25) is 0 Å². The van der Waals surface area contributed by atoms with Gasteiger partial charge in [-0.2, -0.15) is 0 Å². The number of aryl methyl sites for hydroxylation is 2. The highest BCUT2D eigenvalue weighted by Gasteiger charge is 2.21. The van der Waals surface area contributed by atoms with Crippen molar-refractivity contribution in [1.29, 1.82) is 0 Å². The summed E-state index contributed by atoms with van der Waals surface area (Å²) in [6.45, 7) is 7.24. The van der Waals surface area contributed by atoms with Crippen LogP contribution in [0.1, 0.15) is 40.9 Å². The zero-order valence-corrected chi connectivity index (χ0v) is 19.7. The fourth-order valence-corrected chi connectivity index (χ4v) is 4.60. The largest absolute Gasteiger partial charge is 0.376 e. The number of aromatic nitrogens is 5. The Balaban J connectivity index is 1.43. The fraction of sp³-hybridized carbons (Fsp3) is 0.385. The fourth-order valence-electron chi connectivity index (χ4n) is 4.60. The summed E-state index contributed by atoms with van der Waals surface area (Å²) in [5.41, 5.74) is 5.02. The van der Waals surface area contributed by atoms with E-state index in [0.717, 1.165) is 47.3 Å². The molecule has 1 aliphatic rings. The van der Waals surface area contributed by atoms with Crippen molar-refractivity contribution in [2.75, 3.05) is 6.61 Å². The molecule has 0 bridgehead atoms. The molecule has 0 saturated carbocycles. The summed E-state index contributed by atoms with van der Waals surface area (Å²) >= 11 is 0. The lowest BCUT2D eigenvalue weighted by Gasteiger charge is -2.22. The molecule has 2 aromatic carbocycles. The maximum Gasteiger partial charge on any atom is 0.252 e. The Morgan fingerprint density at radius 2 is 1.97 bits per heavy atom. The van der Waals surface area contributed by atoms with E-state index in [-0.39, 0.29) is 11.7 Å². The summed E-state index contributed by atoms with van der Waals surface area (Å²) in [6, 6.07) is 16.4. The molecule has 3 heterocycles. The lowest BCUT2D eigenvalue weighted by Crippen LogP contribution is -2.29. The topological polar surface area (TPSA) is 88.9 Å². The molecule has 176 valence electrons. The number of nitrogens with one attached hydrogen (secondary N) is 1. The first kappa shape index (κ1) is 22.4. The minimum absolute atomic E-state index is 0.0572. The molecule has 1 fully saturated rings. The van der Waals surface area contributed by atoms with Gasteiger partial charge in [-0.1, -0.05) is 42.5 Å². The van der Waals surface area contributed by atoms with Gasteiger partial charge in [-0.25, -0.2) is 4.68 Å². The van der Waals surface area contributed by atoms with Crippen molar-refractivity contribution in [1.82, 2.24) is 30.1 Å². The summed E-state index contributed by atoms with van der Waals surface area (Å²) in [5, 5.41) is 13.5. The first-order valence-corrected chi connectivity index (χ1v) is 11.8. The number of ether oxygens (including phenoxy) is 1. The Morgan fingerprint density at radius 3 is 2.76 bits per heavy atom. The molecule has 2 aromatic heterocycles. The van der Waals surface area contributed by atoms with Gasteiger partial charge in [-0.3, -0.25) is 9.69 Å². The number of hydrogen-bond acceptors (Lipinski definition) is 6. The molecule has 1 atom stereocenters. The van der Waals surface area contributed by atoms with E-state index < -0.39 is 0 Å². The van der Waals surface area contributed by atoms with Crippen molar-refractivity contribution >= 4 is 10.9 Å². The highest BCUT2D eigenvalue weighted by Crippen LogP contribution is 2.20. The molecular formula is C26H30N6O2. The molecule has 0 unspecified atom stereocenters. The Kier molecular flexibility index (Phi) is 6.51. The maximum atomic E-state index is 13.0. The number of pyridine rings is 1. The molecule has 8 heteroatoms. The predicted octanol–water partition coefficient (Wildman–Crippen LogP) is 3.51. The van der Waals surface area contributed by atoms with E-state index in [9.17, 15) is 4.79 Å². The molecule has 5 rings (SSSR count). The molecular weight excluding hydrogens is 428 g/mol. The third kappa shape index (κ3) is 4.93. The van der Waals surface area contributed by atoms with E-state index in [1.807, 2.05) is 35.9 Å². The van der Waals surface area contributed by atoms with E-state index in [1.54, 1.807) is 0 Å². The quantitative estimate of drug-likeness (QED) is 0.435. The zero-order valence-electron chi connectivity index (χ0n) is 19.7. The van der Waals surface area contributed by atoms with Crippen LogP contribution in [0, 0.1) is 13.8 Å². The van der Waals surface area contributed by atoms with Crippen molar-refractivity contribution in [3.63, 3.8) is 0 Å². The number of tetrazole rings is 1. The van der Waals surface area contributed by atoms with Gasteiger partial charge < -0.3 is 9.72 Å². The second-order valence-electron chi connectivity index (χ2n) is 9.14. The van der Waals surface area contributed by atoms with Crippen LogP contribution in [0.3, 0.4) is 0 Å². The van der Waals surface area contributed by atoms with Crippen LogP contribution >= 0.6 is 0 Å². The van der Waals surface area contributed by atoms with Crippen LogP contribution in [0.5, 0.6) is 0 Å². The summed E-state index contributed by atoms with van der Waals surface area (Å²) in [7, 11) is 0. The van der Waals surface area contributed by atoms with E-state index in [4.69, 9.17) is 4.74 Å². The Morgan fingerprint density at radius 1 is 1.12 bits per heavy atom. The SMILES string of the molecule is Cc1ccc2cc(CN(Cc3ccccc3)Cc3nnnn3C[C@@H]3CCCO3)c(=O)[nH]c2c1C. The van der Waals surface area contributed by atoms with Gasteiger partial charge in [-0.15, -0.1) is 5.10 Å². The van der Waals surface area contributed by atoms with Crippen molar-refractivity contribution < 1.29 is 4.74 Å². The van der Waals surface area contributed by atoms with Crippen molar-refractivity contribution in [2.24, 2.45) is 0 Å². The van der Waals surface area contributed by atoms with Gasteiger partial charge >= 0.3 is 0 Å². The average molecular weight is 459 g/mol. The number of rotatable bonds is 8. The van der Waals surface area contributed by atoms with Crippen LogP contribution < -0.4 is 5.56 Å². The highest BCUT2D eigenvalue weighted by molar-refractivity contribution is 5.83. The van der Waals surface area contributed by atoms with E-state index >= 15 is 0 Å². The molecule has 0 aliphatic carbocycles. The number of hydrogen-bond donors (Lipinski definition) is 1. The monoisotopic (exact) mass is 458 g/mol. The lowest BCUT2D eigenvalue weighted by molar-refractivity contribution is 0.0914. The second-order valence-corrected chi connectivity index (χ2v) is 9.14. The molecule has 0 spiro atoms. The molecule has 8 nitrogen and oxygen atoms in total. The molecule has 4 aromatic rings. The van der Waals surface area contributed by atoms with Crippen LogP contribution in [0.25, 0.3) is 10.9 Å². The first-order valence-electron chi connectivity index (χ1n) is 11.8. The first-order chi connectivity index (χ1) is 16.6. The van der Waals surface area contributed by atoms with Crippen LogP contribution in [-0.4, -0.2) is 42.8 Å². The van der Waals surface area contributed by atoms with Crippen molar-refractivity contribution in [3.8, 4) is 0 Å². The minimum atomic E-state index is -0.0572. The number of fused-ring (bicyclic) bond motifs is 1. The van der Waals surface area contributed by atoms with Gasteiger partial charge in [0.1, 0.15) is 0 Å². The van der Waals surface area contributed by atoms with Crippen LogP contribution in [-0.2, 0) is 30.9 Å². The summed E-state index contributed by atoms with van der Waals surface area (Å²) in [5.74, 6) is 0.773. The van der Waals surface area contributed by atoms with Gasteiger partial charge in [-0.05, 0) is 65.3 Å². The molecule has 1 saturated heterocycles. The minimum Gasteiger partial charge on any atom is -0.376 e. The van der Waals surface area contributed by atoms with Crippen LogP contribution in [0.4, 0.5) is 0 Å². The maximum absolute atomic E-state index is 13.0. The highest BCUT2D eigenvalue weighted by atomic mass is 16.5.